The highest BCUT2D eigenvalue weighted by Crippen LogP contribution is 2.30. The predicted molar refractivity (Wildman–Crippen MR) is 69.1 cm³/mol. The molecule has 19 heavy (non-hydrogen) atoms. The predicted octanol–water partition coefficient (Wildman–Crippen LogP) is 0.600. The topological polar surface area (TPSA) is 107 Å². The van der Waals surface area contributed by atoms with Crippen LogP contribution in [-0.4, -0.2) is 37.1 Å². The smallest absolute Gasteiger partial charge is 0.325 e. The van der Waals surface area contributed by atoms with Crippen molar-refractivity contribution in [2.45, 2.75) is 12.1 Å². The van der Waals surface area contributed by atoms with Crippen LogP contribution >= 0.6 is 11.6 Å². The third-order valence-corrected chi connectivity index (χ3v) is 4.81. The fourth-order valence-electron chi connectivity index (χ4n) is 1.71. The average molecular weight is 306 g/mol. The van der Waals surface area contributed by atoms with Crippen LogP contribution in [0, 0.1) is 0 Å². The van der Waals surface area contributed by atoms with Crippen LogP contribution < -0.4 is 10.5 Å². The van der Waals surface area contributed by atoms with Crippen molar-refractivity contribution in [3.8, 4) is 5.75 Å². The molecule has 1 unspecified atom stereocenters. The minimum absolute atomic E-state index is 0.0281. The van der Waals surface area contributed by atoms with Crippen LogP contribution in [0.3, 0.4) is 0 Å². The van der Waals surface area contributed by atoms with Crippen LogP contribution in [-0.2, 0) is 14.6 Å². The van der Waals surface area contributed by atoms with E-state index >= 15 is 0 Å². The number of nitrogens with two attached hydrogens (primary N) is 1. The molecule has 2 rings (SSSR count). The fourth-order valence-corrected chi connectivity index (χ4v) is 3.12. The third-order valence-electron chi connectivity index (χ3n) is 2.75. The quantitative estimate of drug-likeness (QED) is 0.843. The first-order valence-corrected chi connectivity index (χ1v) is 7.63. The highest BCUT2D eigenvalue weighted by atomic mass is 35.5. The molecule has 3 N–H and O–H groups in total. The summed E-state index contributed by atoms with van der Waals surface area (Å²) in [6.07, 6.45) is -0.401. The van der Waals surface area contributed by atoms with Gasteiger partial charge in [0, 0.05) is 0 Å². The van der Waals surface area contributed by atoms with Gasteiger partial charge in [-0.15, -0.1) is 0 Å². The van der Waals surface area contributed by atoms with E-state index in [0.29, 0.717) is 11.3 Å². The molecule has 1 atom stereocenters. The normalized spacial score (nSPS) is 19.5. The zero-order valence-corrected chi connectivity index (χ0v) is 11.3. The van der Waals surface area contributed by atoms with Gasteiger partial charge in [0.25, 0.3) is 0 Å². The van der Waals surface area contributed by atoms with E-state index in [1.165, 1.54) is 18.2 Å². The van der Waals surface area contributed by atoms with E-state index in [9.17, 15) is 13.2 Å². The monoisotopic (exact) mass is 305 g/mol. The lowest BCUT2D eigenvalue weighted by Gasteiger charge is -2.27. The zero-order valence-electron chi connectivity index (χ0n) is 9.74. The van der Waals surface area contributed by atoms with Gasteiger partial charge >= 0.3 is 5.97 Å². The first-order valence-electron chi connectivity index (χ1n) is 5.43. The van der Waals surface area contributed by atoms with Crippen LogP contribution in [0.15, 0.2) is 18.2 Å². The van der Waals surface area contributed by atoms with Gasteiger partial charge in [0.2, 0.25) is 0 Å². The molecule has 1 aromatic rings. The Morgan fingerprint density at radius 2 is 2.11 bits per heavy atom. The molecule has 0 amide bonds. The van der Waals surface area contributed by atoms with Crippen LogP contribution in [0.2, 0.25) is 5.02 Å². The maximum absolute atomic E-state index is 11.0. The molecule has 0 bridgehead atoms. The van der Waals surface area contributed by atoms with E-state index in [4.69, 9.17) is 27.2 Å². The van der Waals surface area contributed by atoms with Gasteiger partial charge in [-0.3, -0.25) is 4.79 Å². The molecule has 8 heteroatoms. The summed E-state index contributed by atoms with van der Waals surface area (Å²) in [7, 11) is -2.96. The number of carboxylic acid groups (broad SMARTS) is 1. The standard InChI is InChI=1S/C11H12ClNO5S/c12-8-3-6(10(13)11(14)15)1-2-9(8)18-7-4-19(16,17)5-7/h1-3,7,10H,4-5,13H2,(H,14,15). The Balaban J connectivity index is 2.10. The molecule has 0 radical (unpaired) electrons. The van der Waals surface area contributed by atoms with Crippen molar-refractivity contribution in [2.24, 2.45) is 5.73 Å². The molecule has 0 saturated carbocycles. The van der Waals surface area contributed by atoms with Crippen molar-refractivity contribution in [2.75, 3.05) is 11.5 Å². The van der Waals surface area contributed by atoms with Crippen molar-refractivity contribution in [1.82, 2.24) is 0 Å². The van der Waals surface area contributed by atoms with Gasteiger partial charge in [-0.05, 0) is 17.7 Å². The lowest BCUT2D eigenvalue weighted by atomic mass is 10.1. The molecular formula is C11H12ClNO5S. The molecule has 1 aliphatic heterocycles. The molecule has 0 spiro atoms. The maximum Gasteiger partial charge on any atom is 0.325 e. The van der Waals surface area contributed by atoms with Crippen molar-refractivity contribution < 1.29 is 23.1 Å². The van der Waals surface area contributed by atoms with Crippen molar-refractivity contribution in [3.05, 3.63) is 28.8 Å². The number of carbonyl (C=O) groups is 1. The van der Waals surface area contributed by atoms with E-state index in [2.05, 4.69) is 0 Å². The zero-order chi connectivity index (χ0) is 14.2. The average Bonchev–Trinajstić information content (AvgIpc) is 2.28. The van der Waals surface area contributed by atoms with E-state index < -0.39 is 28.0 Å². The Morgan fingerprint density at radius 3 is 2.58 bits per heavy atom. The second kappa shape index (κ2) is 4.99. The largest absolute Gasteiger partial charge is 0.487 e. The summed E-state index contributed by atoms with van der Waals surface area (Å²) in [4.78, 5) is 10.7. The molecule has 0 aliphatic carbocycles. The summed E-state index contributed by atoms with van der Waals surface area (Å²) in [6, 6.07) is 3.23. The lowest BCUT2D eigenvalue weighted by Crippen LogP contribution is -2.45. The molecule has 1 aliphatic rings. The number of benzene rings is 1. The van der Waals surface area contributed by atoms with Crippen LogP contribution in [0.1, 0.15) is 11.6 Å². The van der Waals surface area contributed by atoms with Gasteiger partial charge in [0.15, 0.2) is 9.84 Å². The highest BCUT2D eigenvalue weighted by molar-refractivity contribution is 7.92. The van der Waals surface area contributed by atoms with E-state index in [1.54, 1.807) is 0 Å². The van der Waals surface area contributed by atoms with Gasteiger partial charge in [0.05, 0.1) is 16.5 Å². The minimum atomic E-state index is -2.96. The van der Waals surface area contributed by atoms with Gasteiger partial charge < -0.3 is 15.6 Å². The van der Waals surface area contributed by atoms with E-state index in [-0.39, 0.29) is 16.5 Å². The molecule has 1 aromatic carbocycles. The first kappa shape index (κ1) is 14.1. The van der Waals surface area contributed by atoms with Crippen LogP contribution in [0.25, 0.3) is 0 Å². The number of carboxylic acids is 1. The number of hydrogen-bond acceptors (Lipinski definition) is 5. The van der Waals surface area contributed by atoms with E-state index in [0.717, 1.165) is 0 Å². The summed E-state index contributed by atoms with van der Waals surface area (Å²) < 4.78 is 27.4. The maximum atomic E-state index is 11.0. The molecule has 6 nitrogen and oxygen atoms in total. The lowest BCUT2D eigenvalue weighted by molar-refractivity contribution is -0.138. The second-order valence-electron chi connectivity index (χ2n) is 4.32. The number of aliphatic carboxylic acids is 1. The minimum Gasteiger partial charge on any atom is -0.487 e. The summed E-state index contributed by atoms with van der Waals surface area (Å²) in [5, 5.41) is 8.99. The van der Waals surface area contributed by atoms with Crippen molar-refractivity contribution >= 4 is 27.4 Å². The summed E-state index contributed by atoms with van der Waals surface area (Å²) >= 11 is 5.95. The number of ether oxygens (including phenoxy) is 1. The van der Waals surface area contributed by atoms with Crippen molar-refractivity contribution in [1.29, 1.82) is 0 Å². The summed E-state index contributed by atoms with van der Waals surface area (Å²) in [5.74, 6) is -0.892. The molecule has 1 saturated heterocycles. The Morgan fingerprint density at radius 1 is 1.47 bits per heavy atom. The third kappa shape index (κ3) is 3.17. The summed E-state index contributed by atoms with van der Waals surface area (Å²) in [5.41, 5.74) is 5.81. The van der Waals surface area contributed by atoms with Crippen molar-refractivity contribution in [3.63, 3.8) is 0 Å². The van der Waals surface area contributed by atoms with Gasteiger partial charge in [-0.1, -0.05) is 17.7 Å². The number of sulfone groups is 1. The molecule has 1 heterocycles. The number of rotatable bonds is 4. The number of hydrogen-bond donors (Lipinski definition) is 2. The summed E-state index contributed by atoms with van der Waals surface area (Å²) in [6.45, 7) is 0. The van der Waals surface area contributed by atoms with E-state index in [1.807, 2.05) is 0 Å². The van der Waals surface area contributed by atoms with Crippen LogP contribution in [0.4, 0.5) is 0 Å². The number of halogens is 1. The van der Waals surface area contributed by atoms with Gasteiger partial charge in [0.1, 0.15) is 17.9 Å². The Bertz CT molecular complexity index is 604. The molecule has 104 valence electrons. The second-order valence-corrected chi connectivity index (χ2v) is 6.88. The van der Waals surface area contributed by atoms with Gasteiger partial charge in [-0.2, -0.15) is 0 Å². The Kier molecular flexibility index (Phi) is 3.71. The molecular weight excluding hydrogens is 294 g/mol. The molecule has 1 fully saturated rings. The fraction of sp³-hybridized carbons (Fsp3) is 0.364. The Labute approximate surface area is 115 Å². The molecule has 0 aromatic heterocycles. The highest BCUT2D eigenvalue weighted by Gasteiger charge is 2.35. The van der Waals surface area contributed by atoms with Gasteiger partial charge in [-0.25, -0.2) is 8.42 Å². The first-order chi connectivity index (χ1) is 8.78. The Hall–Kier alpha value is -1.31. The SMILES string of the molecule is NC(C(=O)O)c1ccc(OC2CS(=O)(=O)C2)c(Cl)c1. The van der Waals surface area contributed by atoms with Crippen LogP contribution in [0.5, 0.6) is 5.75 Å².